The van der Waals surface area contributed by atoms with Crippen LogP contribution in [-0.2, 0) is 13.0 Å². The molecule has 0 spiro atoms. The molecule has 0 atom stereocenters. The number of rotatable bonds is 8. The standard InChI is InChI=1S/C30H34N8O3/c1-5-7-20-14-19(3)34-30(41)23(20)17-32-29(40)22-15-25(35-28-24(22)18-33-38(28)27(39)6-2)21-8-9-26(31-16-21)37-12-10-36(4)11-13-37/h6,8-9,14-16,18H,2,5,7,10-13,17H2,1,3-4H3,(H,32,40)(H,34,41). The van der Waals surface area contributed by atoms with Crippen molar-refractivity contribution in [3.05, 3.63) is 82.1 Å². The van der Waals surface area contributed by atoms with Crippen LogP contribution in [0.4, 0.5) is 5.82 Å². The number of allylic oxidation sites excluding steroid dienone is 1. The number of nitrogens with zero attached hydrogens (tertiary/aromatic N) is 6. The molecule has 5 heterocycles. The van der Waals surface area contributed by atoms with Gasteiger partial charge < -0.3 is 20.1 Å². The summed E-state index contributed by atoms with van der Waals surface area (Å²) in [7, 11) is 2.11. The van der Waals surface area contributed by atoms with Crippen molar-refractivity contribution in [2.75, 3.05) is 38.1 Å². The summed E-state index contributed by atoms with van der Waals surface area (Å²) in [5, 5.41) is 7.49. The van der Waals surface area contributed by atoms with Gasteiger partial charge in [0.2, 0.25) is 0 Å². The van der Waals surface area contributed by atoms with Crippen molar-refractivity contribution in [3.8, 4) is 11.3 Å². The summed E-state index contributed by atoms with van der Waals surface area (Å²) >= 11 is 0. The van der Waals surface area contributed by atoms with Crippen LogP contribution in [0.3, 0.4) is 0 Å². The van der Waals surface area contributed by atoms with Gasteiger partial charge in [0.15, 0.2) is 5.65 Å². The minimum Gasteiger partial charge on any atom is -0.354 e. The van der Waals surface area contributed by atoms with Crippen LogP contribution in [0.2, 0.25) is 0 Å². The summed E-state index contributed by atoms with van der Waals surface area (Å²) in [6, 6.07) is 7.46. The zero-order chi connectivity index (χ0) is 29.1. The van der Waals surface area contributed by atoms with E-state index in [-0.39, 0.29) is 23.3 Å². The lowest BCUT2D eigenvalue weighted by atomic mass is 10.0. The van der Waals surface area contributed by atoms with E-state index < -0.39 is 11.8 Å². The Kier molecular flexibility index (Phi) is 8.06. The van der Waals surface area contributed by atoms with Crippen molar-refractivity contribution in [3.63, 3.8) is 0 Å². The van der Waals surface area contributed by atoms with E-state index >= 15 is 0 Å². The molecule has 11 heteroatoms. The van der Waals surface area contributed by atoms with Crippen LogP contribution in [0.25, 0.3) is 22.3 Å². The molecule has 11 nitrogen and oxygen atoms in total. The van der Waals surface area contributed by atoms with Crippen molar-refractivity contribution in [1.29, 1.82) is 0 Å². The monoisotopic (exact) mass is 554 g/mol. The van der Waals surface area contributed by atoms with E-state index in [1.54, 1.807) is 12.3 Å². The summed E-state index contributed by atoms with van der Waals surface area (Å²) in [6.45, 7) is 11.2. The third kappa shape index (κ3) is 5.80. The van der Waals surface area contributed by atoms with Gasteiger partial charge in [0.05, 0.1) is 22.8 Å². The first kappa shape index (κ1) is 27.9. The molecule has 0 aromatic carbocycles. The number of pyridine rings is 3. The van der Waals surface area contributed by atoms with Gasteiger partial charge in [-0.05, 0) is 56.3 Å². The van der Waals surface area contributed by atoms with Gasteiger partial charge in [-0.3, -0.25) is 14.4 Å². The number of aromatic amines is 1. The van der Waals surface area contributed by atoms with Crippen molar-refractivity contribution >= 4 is 28.7 Å². The molecule has 4 aromatic rings. The fourth-order valence-electron chi connectivity index (χ4n) is 5.08. The Morgan fingerprint density at radius 2 is 1.93 bits per heavy atom. The van der Waals surface area contributed by atoms with Crippen molar-refractivity contribution in [2.45, 2.75) is 33.2 Å². The fraction of sp³-hybridized carbons (Fsp3) is 0.333. The Balaban J connectivity index is 1.49. The van der Waals surface area contributed by atoms with E-state index in [9.17, 15) is 14.4 Å². The minimum atomic E-state index is -0.463. The predicted octanol–water partition coefficient (Wildman–Crippen LogP) is 2.95. The van der Waals surface area contributed by atoms with Gasteiger partial charge in [0, 0.05) is 55.7 Å². The second-order valence-corrected chi connectivity index (χ2v) is 10.3. The van der Waals surface area contributed by atoms with E-state index in [1.807, 2.05) is 32.0 Å². The average Bonchev–Trinajstić information content (AvgIpc) is 3.40. The first-order valence-corrected chi connectivity index (χ1v) is 13.7. The van der Waals surface area contributed by atoms with Crippen LogP contribution in [0, 0.1) is 6.92 Å². The Morgan fingerprint density at radius 3 is 2.61 bits per heavy atom. The average molecular weight is 555 g/mol. The number of amides is 1. The van der Waals surface area contributed by atoms with Crippen LogP contribution >= 0.6 is 0 Å². The molecule has 4 aromatic heterocycles. The molecular weight excluding hydrogens is 520 g/mol. The molecule has 1 aliphatic heterocycles. The molecule has 1 aliphatic rings. The van der Waals surface area contributed by atoms with Gasteiger partial charge in [-0.1, -0.05) is 19.9 Å². The minimum absolute atomic E-state index is 0.0595. The zero-order valence-corrected chi connectivity index (χ0v) is 23.6. The number of fused-ring (bicyclic) bond motifs is 1. The molecule has 0 unspecified atom stereocenters. The smallest absolute Gasteiger partial charge is 0.272 e. The quantitative estimate of drug-likeness (QED) is 0.318. The van der Waals surface area contributed by atoms with Crippen molar-refractivity contribution in [1.82, 2.24) is 34.9 Å². The summed E-state index contributed by atoms with van der Waals surface area (Å²) in [5.74, 6) is 0.00242. The molecule has 212 valence electrons. The second kappa shape index (κ2) is 11.8. The molecule has 5 rings (SSSR count). The van der Waals surface area contributed by atoms with Crippen molar-refractivity contribution in [2.24, 2.45) is 0 Å². The van der Waals surface area contributed by atoms with Crippen molar-refractivity contribution < 1.29 is 9.59 Å². The van der Waals surface area contributed by atoms with Crippen LogP contribution in [0.1, 0.15) is 45.3 Å². The van der Waals surface area contributed by atoms with Gasteiger partial charge in [-0.15, -0.1) is 0 Å². The van der Waals surface area contributed by atoms with E-state index in [1.165, 1.54) is 6.20 Å². The normalized spacial score (nSPS) is 13.9. The van der Waals surface area contributed by atoms with E-state index in [0.29, 0.717) is 22.2 Å². The van der Waals surface area contributed by atoms with E-state index in [4.69, 9.17) is 0 Å². The van der Waals surface area contributed by atoms with Gasteiger partial charge in [-0.2, -0.15) is 9.78 Å². The number of aryl methyl sites for hydroxylation is 2. The highest BCUT2D eigenvalue weighted by molar-refractivity contribution is 6.08. The largest absolute Gasteiger partial charge is 0.354 e. The van der Waals surface area contributed by atoms with Crippen LogP contribution in [0.5, 0.6) is 0 Å². The maximum Gasteiger partial charge on any atom is 0.272 e. The molecule has 1 fully saturated rings. The summed E-state index contributed by atoms with van der Waals surface area (Å²) in [4.78, 5) is 55.5. The summed E-state index contributed by atoms with van der Waals surface area (Å²) in [5.41, 5.74) is 3.68. The number of aromatic nitrogens is 5. The van der Waals surface area contributed by atoms with Crippen LogP contribution < -0.4 is 15.8 Å². The van der Waals surface area contributed by atoms with Crippen LogP contribution in [-0.4, -0.2) is 74.7 Å². The number of nitrogens with one attached hydrogen (secondary N) is 2. The lowest BCUT2D eigenvalue weighted by Gasteiger charge is -2.33. The molecule has 1 saturated heterocycles. The Morgan fingerprint density at radius 1 is 1.15 bits per heavy atom. The second-order valence-electron chi connectivity index (χ2n) is 10.3. The molecule has 1 amide bonds. The predicted molar refractivity (Wildman–Crippen MR) is 158 cm³/mol. The first-order chi connectivity index (χ1) is 19.8. The lowest BCUT2D eigenvalue weighted by molar-refractivity contribution is 0.0945. The first-order valence-electron chi connectivity index (χ1n) is 13.7. The van der Waals surface area contributed by atoms with Gasteiger partial charge in [0.25, 0.3) is 17.4 Å². The highest BCUT2D eigenvalue weighted by Gasteiger charge is 2.21. The molecule has 0 radical (unpaired) electrons. The third-order valence-corrected chi connectivity index (χ3v) is 7.35. The molecule has 0 aliphatic carbocycles. The summed E-state index contributed by atoms with van der Waals surface area (Å²) < 4.78 is 1.12. The van der Waals surface area contributed by atoms with Gasteiger partial charge in [-0.25, -0.2) is 9.97 Å². The number of carbonyl (C=O) groups excluding carboxylic acids is 2. The molecule has 41 heavy (non-hydrogen) atoms. The summed E-state index contributed by atoms with van der Waals surface area (Å²) in [6.07, 6.45) is 5.91. The molecule has 0 saturated carbocycles. The number of carbonyl (C=O) groups is 2. The number of hydrogen-bond donors (Lipinski definition) is 2. The maximum absolute atomic E-state index is 13.6. The lowest BCUT2D eigenvalue weighted by Crippen LogP contribution is -2.44. The number of anilines is 1. The van der Waals surface area contributed by atoms with Crippen LogP contribution in [0.15, 0.2) is 54.1 Å². The number of hydrogen-bond acceptors (Lipinski definition) is 8. The number of H-pyrrole nitrogens is 1. The zero-order valence-electron chi connectivity index (χ0n) is 23.6. The van der Waals surface area contributed by atoms with E-state index in [0.717, 1.165) is 66.9 Å². The molecular formula is C30H34N8O3. The maximum atomic E-state index is 13.6. The van der Waals surface area contributed by atoms with E-state index in [2.05, 4.69) is 48.8 Å². The molecule has 2 N–H and O–H groups in total. The number of piperazine rings is 1. The van der Waals surface area contributed by atoms with Gasteiger partial charge >= 0.3 is 0 Å². The highest BCUT2D eigenvalue weighted by atomic mass is 16.2. The Bertz CT molecular complexity index is 1660. The Hall–Kier alpha value is -4.64. The van der Waals surface area contributed by atoms with Gasteiger partial charge in [0.1, 0.15) is 5.82 Å². The number of likely N-dealkylation sites (N-methyl/N-ethyl adjacent to an activating group) is 1. The fourth-order valence-corrected chi connectivity index (χ4v) is 5.08. The SMILES string of the molecule is C=CC(=O)n1ncc2c(C(=O)NCc3c(CCC)cc(C)[nH]c3=O)cc(-c3ccc(N4CCN(C)CC4)nc3)nc21. The molecule has 0 bridgehead atoms. The highest BCUT2D eigenvalue weighted by Crippen LogP contribution is 2.26. The third-order valence-electron chi connectivity index (χ3n) is 7.35. The topological polar surface area (TPSA) is 129 Å². The Labute approximate surface area is 237 Å².